The third-order valence-electron chi connectivity index (χ3n) is 2.97. The van der Waals surface area contributed by atoms with E-state index in [0.29, 0.717) is 11.5 Å². The average Bonchev–Trinajstić information content (AvgIpc) is 2.61. The zero-order chi connectivity index (χ0) is 10.0. The summed E-state index contributed by atoms with van der Waals surface area (Å²) < 4.78 is 0. The van der Waals surface area contributed by atoms with Crippen molar-refractivity contribution in [3.8, 4) is 0 Å². The molecule has 1 unspecified atom stereocenters. The maximum atomic E-state index is 3.93. The molecule has 0 spiro atoms. The minimum absolute atomic E-state index is 0.301. The van der Waals surface area contributed by atoms with Crippen LogP contribution >= 0.6 is 0 Å². The van der Waals surface area contributed by atoms with E-state index in [1.807, 2.05) is 12.4 Å². The maximum absolute atomic E-state index is 3.93. The Kier molecular flexibility index (Phi) is 2.46. The molecule has 2 heterocycles. The quantitative estimate of drug-likeness (QED) is 0.663. The maximum Gasteiger partial charge on any atom is 0.0726 e. The van der Waals surface area contributed by atoms with E-state index in [4.69, 9.17) is 0 Å². The molecule has 0 saturated carbocycles. The topological polar surface area (TPSA) is 52.7 Å². The fourth-order valence-electron chi connectivity index (χ4n) is 1.97. The lowest BCUT2D eigenvalue weighted by atomic mass is 9.80. The van der Waals surface area contributed by atoms with Crippen LogP contribution in [0.4, 0.5) is 5.69 Å². The summed E-state index contributed by atoms with van der Waals surface area (Å²) in [6.45, 7) is 6.75. The summed E-state index contributed by atoms with van der Waals surface area (Å²) in [7, 11) is 0. The predicted octanol–water partition coefficient (Wildman–Crippen LogP) is 1.21. The molecule has 0 amide bonds. The van der Waals surface area contributed by atoms with Gasteiger partial charge in [0.05, 0.1) is 11.9 Å². The fourth-order valence-corrected chi connectivity index (χ4v) is 1.97. The van der Waals surface area contributed by atoms with Crippen molar-refractivity contribution in [3.05, 3.63) is 12.4 Å². The molecular weight excluding hydrogens is 176 g/mol. The number of rotatable bonds is 2. The van der Waals surface area contributed by atoms with Crippen LogP contribution in [0.1, 0.15) is 20.3 Å². The molecule has 14 heavy (non-hydrogen) atoms. The predicted molar refractivity (Wildman–Crippen MR) is 57.3 cm³/mol. The average molecular weight is 194 g/mol. The Labute approximate surface area is 84.5 Å². The molecule has 4 nitrogen and oxygen atoms in total. The normalized spacial score (nSPS) is 26.0. The van der Waals surface area contributed by atoms with Gasteiger partial charge in [-0.3, -0.25) is 5.10 Å². The third kappa shape index (κ3) is 1.90. The molecule has 1 aromatic heterocycles. The van der Waals surface area contributed by atoms with Crippen LogP contribution in [0.2, 0.25) is 0 Å². The van der Waals surface area contributed by atoms with E-state index in [1.54, 1.807) is 0 Å². The van der Waals surface area contributed by atoms with Gasteiger partial charge >= 0.3 is 0 Å². The fraction of sp³-hybridized carbons (Fsp3) is 0.700. The second-order valence-electron chi connectivity index (χ2n) is 4.64. The van der Waals surface area contributed by atoms with Gasteiger partial charge in [-0.25, -0.2) is 0 Å². The van der Waals surface area contributed by atoms with Crippen LogP contribution in [0.5, 0.6) is 0 Å². The van der Waals surface area contributed by atoms with Crippen molar-refractivity contribution < 1.29 is 0 Å². The smallest absolute Gasteiger partial charge is 0.0726 e. The van der Waals surface area contributed by atoms with Gasteiger partial charge in [0.15, 0.2) is 0 Å². The van der Waals surface area contributed by atoms with Crippen LogP contribution in [0.15, 0.2) is 12.4 Å². The molecular formula is C10H18N4. The molecule has 1 fully saturated rings. The van der Waals surface area contributed by atoms with E-state index < -0.39 is 0 Å². The number of piperidine rings is 1. The lowest BCUT2D eigenvalue weighted by molar-refractivity contribution is 0.236. The van der Waals surface area contributed by atoms with Gasteiger partial charge < -0.3 is 10.6 Å². The second-order valence-corrected chi connectivity index (χ2v) is 4.64. The van der Waals surface area contributed by atoms with Crippen LogP contribution < -0.4 is 10.6 Å². The summed E-state index contributed by atoms with van der Waals surface area (Å²) in [5.41, 5.74) is 1.39. The van der Waals surface area contributed by atoms with Gasteiger partial charge in [-0.1, -0.05) is 13.8 Å². The molecule has 0 aliphatic carbocycles. The standard InChI is InChI=1S/C10H18N4/c1-10(2)7-11-4-3-9(10)14-8-5-12-13-6-8/h5-6,9,11,14H,3-4,7H2,1-2H3,(H,12,13). The van der Waals surface area contributed by atoms with Gasteiger partial charge in [-0.05, 0) is 18.4 Å². The van der Waals surface area contributed by atoms with Crippen LogP contribution in [0, 0.1) is 5.41 Å². The van der Waals surface area contributed by atoms with Gasteiger partial charge in [0.25, 0.3) is 0 Å². The molecule has 4 heteroatoms. The van der Waals surface area contributed by atoms with Gasteiger partial charge in [-0.2, -0.15) is 5.10 Å². The minimum Gasteiger partial charge on any atom is -0.379 e. The van der Waals surface area contributed by atoms with Crippen LogP contribution in [0.3, 0.4) is 0 Å². The van der Waals surface area contributed by atoms with Gasteiger partial charge in [0.1, 0.15) is 0 Å². The number of hydrogen-bond donors (Lipinski definition) is 3. The van der Waals surface area contributed by atoms with Crippen LogP contribution in [-0.2, 0) is 0 Å². The highest BCUT2D eigenvalue weighted by Crippen LogP contribution is 2.27. The third-order valence-corrected chi connectivity index (χ3v) is 2.97. The number of H-pyrrole nitrogens is 1. The highest BCUT2D eigenvalue weighted by molar-refractivity contribution is 5.39. The SMILES string of the molecule is CC1(C)CNCCC1Nc1cn[nH]c1. The Hall–Kier alpha value is -1.03. The highest BCUT2D eigenvalue weighted by atomic mass is 15.1. The molecule has 1 saturated heterocycles. The van der Waals surface area contributed by atoms with Gasteiger partial charge in [0, 0.05) is 18.8 Å². The van der Waals surface area contributed by atoms with Crippen molar-refractivity contribution in [3.63, 3.8) is 0 Å². The van der Waals surface area contributed by atoms with Crippen molar-refractivity contribution >= 4 is 5.69 Å². The largest absolute Gasteiger partial charge is 0.379 e. The summed E-state index contributed by atoms with van der Waals surface area (Å²) in [5, 5.41) is 13.7. The first-order valence-electron chi connectivity index (χ1n) is 5.14. The number of aromatic amines is 1. The van der Waals surface area contributed by atoms with E-state index in [2.05, 4.69) is 34.7 Å². The van der Waals surface area contributed by atoms with Crippen molar-refractivity contribution in [2.75, 3.05) is 18.4 Å². The van der Waals surface area contributed by atoms with Crippen LogP contribution in [-0.4, -0.2) is 29.3 Å². The van der Waals surface area contributed by atoms with E-state index in [1.165, 1.54) is 0 Å². The number of nitrogens with one attached hydrogen (secondary N) is 3. The molecule has 1 aliphatic rings. The van der Waals surface area contributed by atoms with E-state index in [-0.39, 0.29) is 0 Å². The Morgan fingerprint density at radius 1 is 1.57 bits per heavy atom. The highest BCUT2D eigenvalue weighted by Gasteiger charge is 2.31. The van der Waals surface area contributed by atoms with E-state index in [0.717, 1.165) is 25.2 Å². The second kappa shape index (κ2) is 3.61. The molecule has 1 atom stereocenters. The van der Waals surface area contributed by atoms with Crippen molar-refractivity contribution in [1.82, 2.24) is 15.5 Å². The summed E-state index contributed by atoms with van der Waals surface area (Å²) in [5.74, 6) is 0. The van der Waals surface area contributed by atoms with E-state index >= 15 is 0 Å². The Morgan fingerprint density at radius 2 is 2.43 bits per heavy atom. The molecule has 3 N–H and O–H groups in total. The molecule has 0 aromatic carbocycles. The minimum atomic E-state index is 0.301. The number of aromatic nitrogens is 2. The lowest BCUT2D eigenvalue weighted by Crippen LogP contribution is -2.49. The molecule has 2 rings (SSSR count). The summed E-state index contributed by atoms with van der Waals surface area (Å²) >= 11 is 0. The molecule has 0 radical (unpaired) electrons. The molecule has 0 bridgehead atoms. The van der Waals surface area contributed by atoms with Gasteiger partial charge in [-0.15, -0.1) is 0 Å². The lowest BCUT2D eigenvalue weighted by Gasteiger charge is -2.39. The number of hydrogen-bond acceptors (Lipinski definition) is 3. The van der Waals surface area contributed by atoms with Crippen LogP contribution in [0.25, 0.3) is 0 Å². The zero-order valence-corrected chi connectivity index (χ0v) is 8.80. The first-order valence-corrected chi connectivity index (χ1v) is 5.14. The first-order chi connectivity index (χ1) is 6.68. The van der Waals surface area contributed by atoms with Crippen molar-refractivity contribution in [2.45, 2.75) is 26.3 Å². The Morgan fingerprint density at radius 3 is 3.07 bits per heavy atom. The van der Waals surface area contributed by atoms with Gasteiger partial charge in [0.2, 0.25) is 0 Å². The molecule has 1 aromatic rings. The molecule has 1 aliphatic heterocycles. The summed E-state index contributed by atoms with van der Waals surface area (Å²) in [6.07, 6.45) is 4.90. The van der Waals surface area contributed by atoms with E-state index in [9.17, 15) is 0 Å². The summed E-state index contributed by atoms with van der Waals surface area (Å²) in [4.78, 5) is 0. The Balaban J connectivity index is 2.02. The monoisotopic (exact) mass is 194 g/mol. The first kappa shape index (κ1) is 9.52. The number of anilines is 1. The zero-order valence-electron chi connectivity index (χ0n) is 8.80. The summed E-state index contributed by atoms with van der Waals surface area (Å²) in [6, 6.07) is 0.529. The van der Waals surface area contributed by atoms with Crippen molar-refractivity contribution in [2.24, 2.45) is 5.41 Å². The van der Waals surface area contributed by atoms with Crippen molar-refractivity contribution in [1.29, 1.82) is 0 Å². The Bertz CT molecular complexity index is 278. The number of nitrogens with zero attached hydrogens (tertiary/aromatic N) is 1. The molecule has 78 valence electrons.